The van der Waals surface area contributed by atoms with Crippen molar-refractivity contribution in [2.45, 2.75) is 26.2 Å². The molecule has 1 heterocycles. The van der Waals surface area contributed by atoms with E-state index in [0.717, 1.165) is 0 Å². The summed E-state index contributed by atoms with van der Waals surface area (Å²) in [5.74, 6) is -0.0373. The van der Waals surface area contributed by atoms with Crippen LogP contribution >= 0.6 is 11.6 Å². The lowest BCUT2D eigenvalue weighted by Gasteiger charge is -2.18. The fraction of sp³-hybridized carbons (Fsp3) is 0.250. The Hall–Kier alpha value is -1.67. The largest absolute Gasteiger partial charge is 0.289 e. The summed E-state index contributed by atoms with van der Waals surface area (Å²) in [7, 11) is 0. The molecule has 0 aliphatic carbocycles. The molecule has 0 fully saturated rings. The zero-order valence-electron chi connectivity index (χ0n) is 11.3. The van der Waals surface area contributed by atoms with Gasteiger partial charge < -0.3 is 0 Å². The highest BCUT2D eigenvalue weighted by atomic mass is 35.5. The molecular formula is C16H16ClNO. The summed E-state index contributed by atoms with van der Waals surface area (Å²) in [6, 6.07) is 11.0. The Labute approximate surface area is 118 Å². The molecule has 98 valence electrons. The number of ketones is 1. The van der Waals surface area contributed by atoms with Gasteiger partial charge in [-0.25, -0.2) is 4.98 Å². The molecule has 0 amide bonds. The van der Waals surface area contributed by atoms with Crippen LogP contribution in [0.3, 0.4) is 0 Å². The van der Waals surface area contributed by atoms with Crippen molar-refractivity contribution in [1.29, 1.82) is 0 Å². The van der Waals surface area contributed by atoms with E-state index in [1.54, 1.807) is 18.3 Å². The number of halogens is 1. The Bertz CT molecular complexity index is 597. The second-order valence-corrected chi connectivity index (χ2v) is 5.91. The molecule has 0 radical (unpaired) electrons. The molecule has 0 N–H and O–H groups in total. The summed E-state index contributed by atoms with van der Waals surface area (Å²) in [5, 5.41) is 0.331. The van der Waals surface area contributed by atoms with Gasteiger partial charge in [0.2, 0.25) is 0 Å². The quantitative estimate of drug-likeness (QED) is 0.604. The number of aromatic nitrogens is 1. The first-order valence-electron chi connectivity index (χ1n) is 6.15. The lowest BCUT2D eigenvalue weighted by atomic mass is 9.86. The Morgan fingerprint density at radius 3 is 2.21 bits per heavy atom. The van der Waals surface area contributed by atoms with Crippen LogP contribution in [0.5, 0.6) is 0 Å². The predicted molar refractivity (Wildman–Crippen MR) is 77.8 cm³/mol. The maximum absolute atomic E-state index is 12.3. The summed E-state index contributed by atoms with van der Waals surface area (Å²) >= 11 is 5.80. The van der Waals surface area contributed by atoms with E-state index in [1.165, 1.54) is 5.56 Å². The van der Waals surface area contributed by atoms with E-state index in [0.29, 0.717) is 16.3 Å². The van der Waals surface area contributed by atoms with Crippen LogP contribution < -0.4 is 0 Å². The third kappa shape index (κ3) is 3.21. The van der Waals surface area contributed by atoms with E-state index in [-0.39, 0.29) is 11.2 Å². The van der Waals surface area contributed by atoms with Crippen LogP contribution in [0.25, 0.3) is 0 Å². The Balaban J connectivity index is 2.30. The molecule has 0 aliphatic rings. The van der Waals surface area contributed by atoms with Gasteiger partial charge in [0.05, 0.1) is 0 Å². The van der Waals surface area contributed by atoms with Crippen molar-refractivity contribution in [3.63, 3.8) is 0 Å². The second-order valence-electron chi connectivity index (χ2n) is 5.52. The van der Waals surface area contributed by atoms with Crippen molar-refractivity contribution in [3.8, 4) is 0 Å². The molecule has 2 nitrogen and oxygen atoms in total. The molecule has 2 rings (SSSR count). The van der Waals surface area contributed by atoms with E-state index in [4.69, 9.17) is 11.6 Å². The highest BCUT2D eigenvalue weighted by molar-refractivity contribution is 6.29. The van der Waals surface area contributed by atoms with Crippen molar-refractivity contribution < 1.29 is 4.79 Å². The van der Waals surface area contributed by atoms with Gasteiger partial charge in [-0.15, -0.1) is 0 Å². The minimum Gasteiger partial charge on any atom is -0.289 e. The number of carbonyl (C=O) groups excluding carboxylic acids is 1. The third-order valence-corrected chi connectivity index (χ3v) is 3.21. The van der Waals surface area contributed by atoms with Gasteiger partial charge in [-0.2, -0.15) is 0 Å². The van der Waals surface area contributed by atoms with Gasteiger partial charge in [-0.3, -0.25) is 4.79 Å². The van der Waals surface area contributed by atoms with E-state index in [2.05, 4.69) is 25.8 Å². The number of hydrogen-bond acceptors (Lipinski definition) is 2. The molecule has 0 unspecified atom stereocenters. The predicted octanol–water partition coefficient (Wildman–Crippen LogP) is 4.26. The van der Waals surface area contributed by atoms with Crippen LogP contribution in [0.2, 0.25) is 5.15 Å². The highest BCUT2D eigenvalue weighted by Crippen LogP contribution is 2.23. The molecule has 0 aliphatic heterocycles. The summed E-state index contributed by atoms with van der Waals surface area (Å²) < 4.78 is 0. The van der Waals surface area contributed by atoms with Crippen LogP contribution in [-0.4, -0.2) is 10.8 Å². The highest BCUT2D eigenvalue weighted by Gasteiger charge is 2.15. The van der Waals surface area contributed by atoms with Crippen LogP contribution in [0.4, 0.5) is 0 Å². The first kappa shape index (κ1) is 13.8. The smallest absolute Gasteiger partial charge is 0.193 e. The summed E-state index contributed by atoms with van der Waals surface area (Å²) in [6.07, 6.45) is 1.54. The van der Waals surface area contributed by atoms with Gasteiger partial charge in [0.25, 0.3) is 0 Å². The third-order valence-electron chi connectivity index (χ3n) is 3.00. The standard InChI is InChI=1S/C16H16ClNO/c1-16(2,3)13-6-4-11(5-7-13)15(19)12-8-9-18-14(17)10-12/h4-10H,1-3H3. The van der Waals surface area contributed by atoms with Crippen LogP contribution in [0.1, 0.15) is 42.3 Å². The molecular weight excluding hydrogens is 258 g/mol. The first-order valence-corrected chi connectivity index (χ1v) is 6.52. The monoisotopic (exact) mass is 273 g/mol. The van der Waals surface area contributed by atoms with Gasteiger partial charge in [-0.1, -0.05) is 56.6 Å². The van der Waals surface area contributed by atoms with Gasteiger partial charge in [0, 0.05) is 17.3 Å². The minimum absolute atomic E-state index is 0.0373. The maximum Gasteiger partial charge on any atom is 0.193 e. The Kier molecular flexibility index (Phi) is 3.72. The van der Waals surface area contributed by atoms with Gasteiger partial charge in [0.1, 0.15) is 5.15 Å². The summed E-state index contributed by atoms with van der Waals surface area (Å²) in [4.78, 5) is 16.1. The molecule has 19 heavy (non-hydrogen) atoms. The first-order chi connectivity index (χ1) is 8.88. The van der Waals surface area contributed by atoms with Crippen LogP contribution in [0.15, 0.2) is 42.6 Å². The zero-order valence-corrected chi connectivity index (χ0v) is 12.0. The van der Waals surface area contributed by atoms with Crippen LogP contribution in [-0.2, 0) is 5.41 Å². The van der Waals surface area contributed by atoms with Crippen LogP contribution in [0, 0.1) is 0 Å². The molecule has 0 saturated carbocycles. The molecule has 3 heteroatoms. The zero-order chi connectivity index (χ0) is 14.0. The number of pyridine rings is 1. The number of nitrogens with zero attached hydrogens (tertiary/aromatic N) is 1. The van der Waals surface area contributed by atoms with E-state index < -0.39 is 0 Å². The number of rotatable bonds is 2. The normalized spacial score (nSPS) is 11.4. The van der Waals surface area contributed by atoms with Crippen molar-refractivity contribution in [1.82, 2.24) is 4.98 Å². The fourth-order valence-corrected chi connectivity index (χ4v) is 2.01. The lowest BCUT2D eigenvalue weighted by molar-refractivity contribution is 0.103. The minimum atomic E-state index is -0.0373. The van der Waals surface area contributed by atoms with Gasteiger partial charge in [-0.05, 0) is 23.1 Å². The van der Waals surface area contributed by atoms with Gasteiger partial charge >= 0.3 is 0 Å². The maximum atomic E-state index is 12.3. The average molecular weight is 274 g/mol. The molecule has 1 aromatic heterocycles. The van der Waals surface area contributed by atoms with Crippen molar-refractivity contribution in [2.24, 2.45) is 0 Å². The summed E-state index contributed by atoms with van der Waals surface area (Å²) in [6.45, 7) is 6.44. The van der Waals surface area contributed by atoms with E-state index in [9.17, 15) is 4.79 Å². The second kappa shape index (κ2) is 5.14. The molecule has 0 bridgehead atoms. The number of hydrogen-bond donors (Lipinski definition) is 0. The number of carbonyl (C=O) groups is 1. The fourth-order valence-electron chi connectivity index (χ4n) is 1.83. The summed E-state index contributed by atoms with van der Waals surface area (Å²) in [5.41, 5.74) is 2.51. The Morgan fingerprint density at radius 2 is 1.68 bits per heavy atom. The molecule has 0 atom stereocenters. The molecule has 0 saturated heterocycles. The lowest BCUT2D eigenvalue weighted by Crippen LogP contribution is -2.11. The average Bonchev–Trinajstić information content (AvgIpc) is 2.37. The SMILES string of the molecule is CC(C)(C)c1ccc(C(=O)c2ccnc(Cl)c2)cc1. The molecule has 1 aromatic carbocycles. The van der Waals surface area contributed by atoms with Crippen molar-refractivity contribution in [3.05, 3.63) is 64.4 Å². The van der Waals surface area contributed by atoms with Crippen molar-refractivity contribution in [2.75, 3.05) is 0 Å². The van der Waals surface area contributed by atoms with Gasteiger partial charge in [0.15, 0.2) is 5.78 Å². The van der Waals surface area contributed by atoms with E-state index in [1.807, 2.05) is 24.3 Å². The number of benzene rings is 1. The molecule has 0 spiro atoms. The van der Waals surface area contributed by atoms with Crippen molar-refractivity contribution >= 4 is 17.4 Å². The molecule has 2 aromatic rings. The Morgan fingerprint density at radius 1 is 1.05 bits per heavy atom. The van der Waals surface area contributed by atoms with E-state index >= 15 is 0 Å². The topological polar surface area (TPSA) is 30.0 Å².